The van der Waals surface area contributed by atoms with Crippen molar-refractivity contribution in [3.05, 3.63) is 30.1 Å². The van der Waals surface area contributed by atoms with Crippen LogP contribution in [0.15, 0.2) is 24.3 Å². The van der Waals surface area contributed by atoms with Crippen molar-refractivity contribution in [1.29, 1.82) is 0 Å². The number of rotatable bonds is 6. The topological polar surface area (TPSA) is 50.8 Å². The van der Waals surface area contributed by atoms with Crippen LogP contribution in [-0.2, 0) is 4.74 Å². The summed E-state index contributed by atoms with van der Waals surface area (Å²) in [4.78, 5) is 14.4. The number of amides is 2. The summed E-state index contributed by atoms with van der Waals surface area (Å²) in [6.07, 6.45) is 4.21. The number of hydrogen-bond donors (Lipinski definition) is 1. The van der Waals surface area contributed by atoms with E-state index in [0.29, 0.717) is 38.0 Å². The Morgan fingerprint density at radius 2 is 2.19 bits per heavy atom. The van der Waals surface area contributed by atoms with E-state index < -0.39 is 0 Å². The zero-order valence-electron chi connectivity index (χ0n) is 15.5. The van der Waals surface area contributed by atoms with Crippen LogP contribution in [0, 0.1) is 17.7 Å². The van der Waals surface area contributed by atoms with Crippen molar-refractivity contribution in [2.24, 2.45) is 11.8 Å². The smallest absolute Gasteiger partial charge is 0.317 e. The summed E-state index contributed by atoms with van der Waals surface area (Å²) in [5.74, 6) is 0.969. The third-order valence-corrected chi connectivity index (χ3v) is 5.46. The maximum atomic E-state index is 13.7. The van der Waals surface area contributed by atoms with Crippen LogP contribution in [0.1, 0.15) is 32.6 Å². The zero-order valence-corrected chi connectivity index (χ0v) is 15.5. The van der Waals surface area contributed by atoms with Crippen molar-refractivity contribution in [1.82, 2.24) is 10.2 Å². The molecule has 144 valence electrons. The van der Waals surface area contributed by atoms with Crippen LogP contribution < -0.4 is 10.1 Å². The minimum atomic E-state index is -0.384. The molecule has 1 N–H and O–H groups in total. The number of halogens is 1. The molecule has 26 heavy (non-hydrogen) atoms. The van der Waals surface area contributed by atoms with E-state index in [-0.39, 0.29) is 23.7 Å². The fourth-order valence-corrected chi connectivity index (χ4v) is 3.52. The van der Waals surface area contributed by atoms with Gasteiger partial charge in [-0.15, -0.1) is 0 Å². The monoisotopic (exact) mass is 364 g/mol. The highest BCUT2D eigenvalue weighted by Crippen LogP contribution is 2.34. The number of para-hydroxylation sites is 1. The second-order valence-electron chi connectivity index (χ2n) is 7.24. The minimum Gasteiger partial charge on any atom is -0.486 e. The van der Waals surface area contributed by atoms with Gasteiger partial charge in [-0.3, -0.25) is 0 Å². The molecule has 2 atom stereocenters. The predicted octanol–water partition coefficient (Wildman–Crippen LogP) is 3.44. The van der Waals surface area contributed by atoms with Crippen LogP contribution >= 0.6 is 0 Å². The van der Waals surface area contributed by atoms with Gasteiger partial charge in [-0.1, -0.05) is 38.3 Å². The Balaban J connectivity index is 1.50. The van der Waals surface area contributed by atoms with Crippen LogP contribution in [-0.4, -0.2) is 49.9 Å². The van der Waals surface area contributed by atoms with Crippen LogP contribution in [0.2, 0.25) is 0 Å². The van der Waals surface area contributed by atoms with E-state index in [2.05, 4.69) is 5.32 Å². The lowest BCUT2D eigenvalue weighted by Gasteiger charge is -2.35. The molecule has 1 saturated heterocycles. The van der Waals surface area contributed by atoms with Crippen LogP contribution in [0.4, 0.5) is 9.18 Å². The van der Waals surface area contributed by atoms with Crippen molar-refractivity contribution < 1.29 is 18.7 Å². The van der Waals surface area contributed by atoms with E-state index >= 15 is 0 Å². The highest BCUT2D eigenvalue weighted by Gasteiger charge is 2.32. The molecule has 1 aromatic rings. The zero-order chi connectivity index (χ0) is 18.4. The van der Waals surface area contributed by atoms with Gasteiger partial charge in [-0.05, 0) is 24.5 Å². The number of carbonyl (C=O) groups excluding carboxylic acids is 1. The third kappa shape index (κ3) is 4.87. The van der Waals surface area contributed by atoms with E-state index in [0.717, 1.165) is 13.2 Å². The normalized spacial score (nSPS) is 22.2. The van der Waals surface area contributed by atoms with E-state index in [1.54, 1.807) is 18.2 Å². The average molecular weight is 364 g/mol. The largest absolute Gasteiger partial charge is 0.486 e. The second-order valence-corrected chi connectivity index (χ2v) is 7.24. The standard InChI is InChI=1S/C20H29FN2O3/c1-2-17(26-19-9-4-3-8-18(19)21)12-22-20(24)23-10-11-25-14-16(13-23)15-6-5-7-15/h3-4,8-9,15-17H,2,5-7,10-14H2,1H3,(H,22,24). The first-order valence-corrected chi connectivity index (χ1v) is 9.69. The van der Waals surface area contributed by atoms with Gasteiger partial charge in [0.2, 0.25) is 0 Å². The van der Waals surface area contributed by atoms with E-state index in [4.69, 9.17) is 9.47 Å². The van der Waals surface area contributed by atoms with E-state index in [9.17, 15) is 9.18 Å². The summed E-state index contributed by atoms with van der Waals surface area (Å²) >= 11 is 0. The number of nitrogens with one attached hydrogen (secondary N) is 1. The Morgan fingerprint density at radius 3 is 2.88 bits per heavy atom. The SMILES string of the molecule is CCC(CNC(=O)N1CCOCC(C2CCC2)C1)Oc1ccccc1F. The maximum absolute atomic E-state index is 13.7. The molecule has 0 spiro atoms. The van der Waals surface area contributed by atoms with Crippen molar-refractivity contribution >= 4 is 6.03 Å². The quantitative estimate of drug-likeness (QED) is 0.841. The molecule has 1 aliphatic heterocycles. The minimum absolute atomic E-state index is 0.0876. The van der Waals surface area contributed by atoms with Gasteiger partial charge >= 0.3 is 6.03 Å². The molecular weight excluding hydrogens is 335 g/mol. The molecule has 2 amide bonds. The van der Waals surface area contributed by atoms with Crippen molar-refractivity contribution in [3.63, 3.8) is 0 Å². The second kappa shape index (κ2) is 9.21. The van der Waals surface area contributed by atoms with Crippen molar-refractivity contribution in [2.45, 2.75) is 38.7 Å². The predicted molar refractivity (Wildman–Crippen MR) is 97.7 cm³/mol. The van der Waals surface area contributed by atoms with Crippen LogP contribution in [0.25, 0.3) is 0 Å². The maximum Gasteiger partial charge on any atom is 0.317 e. The number of benzene rings is 1. The summed E-state index contributed by atoms with van der Waals surface area (Å²) < 4.78 is 25.1. The number of nitrogens with zero attached hydrogens (tertiary/aromatic N) is 1. The number of ether oxygens (including phenoxy) is 2. The molecule has 3 rings (SSSR count). The molecule has 2 aliphatic rings. The fraction of sp³-hybridized carbons (Fsp3) is 0.650. The van der Waals surface area contributed by atoms with E-state index in [1.165, 1.54) is 25.3 Å². The van der Waals surface area contributed by atoms with Gasteiger partial charge in [-0.25, -0.2) is 9.18 Å². The summed E-state index contributed by atoms with van der Waals surface area (Å²) in [6, 6.07) is 6.26. The summed E-state index contributed by atoms with van der Waals surface area (Å²) in [6.45, 7) is 5.02. The Kier molecular flexibility index (Phi) is 6.72. The molecular formula is C20H29FN2O3. The van der Waals surface area contributed by atoms with Gasteiger partial charge in [0.25, 0.3) is 0 Å². The molecule has 1 heterocycles. The summed E-state index contributed by atoms with van der Waals surface area (Å²) in [7, 11) is 0. The average Bonchev–Trinajstić information content (AvgIpc) is 2.84. The first-order valence-electron chi connectivity index (χ1n) is 9.69. The highest BCUT2D eigenvalue weighted by atomic mass is 19.1. The third-order valence-electron chi connectivity index (χ3n) is 5.46. The van der Waals surface area contributed by atoms with Gasteiger partial charge in [0.05, 0.1) is 19.8 Å². The number of urea groups is 1. The van der Waals surface area contributed by atoms with Crippen molar-refractivity contribution in [2.75, 3.05) is 32.8 Å². The van der Waals surface area contributed by atoms with Crippen LogP contribution in [0.3, 0.4) is 0 Å². The first-order chi connectivity index (χ1) is 12.7. The Hall–Kier alpha value is -1.82. The van der Waals surface area contributed by atoms with Crippen molar-refractivity contribution in [3.8, 4) is 5.75 Å². The first kappa shape index (κ1) is 19.0. The number of hydrogen-bond acceptors (Lipinski definition) is 3. The molecule has 0 radical (unpaired) electrons. The molecule has 0 aromatic heterocycles. The Morgan fingerprint density at radius 1 is 1.38 bits per heavy atom. The molecule has 1 aliphatic carbocycles. The molecule has 6 heteroatoms. The molecule has 1 aromatic carbocycles. The molecule has 1 saturated carbocycles. The van der Waals surface area contributed by atoms with Gasteiger partial charge in [0.1, 0.15) is 6.10 Å². The highest BCUT2D eigenvalue weighted by molar-refractivity contribution is 5.74. The molecule has 0 bridgehead atoms. The summed E-state index contributed by atoms with van der Waals surface area (Å²) in [5.41, 5.74) is 0. The lowest BCUT2D eigenvalue weighted by atomic mass is 9.76. The van der Waals surface area contributed by atoms with Gasteiger partial charge < -0.3 is 19.7 Å². The van der Waals surface area contributed by atoms with Gasteiger partial charge in [0.15, 0.2) is 11.6 Å². The lowest BCUT2D eigenvalue weighted by Crippen LogP contribution is -2.47. The molecule has 2 fully saturated rings. The lowest BCUT2D eigenvalue weighted by molar-refractivity contribution is 0.0774. The Labute approximate surface area is 154 Å². The van der Waals surface area contributed by atoms with Gasteiger partial charge in [0, 0.05) is 19.0 Å². The summed E-state index contributed by atoms with van der Waals surface area (Å²) in [5, 5.41) is 2.95. The van der Waals surface area contributed by atoms with Crippen LogP contribution in [0.5, 0.6) is 5.75 Å². The van der Waals surface area contributed by atoms with Gasteiger partial charge in [-0.2, -0.15) is 0 Å². The number of carbonyl (C=O) groups is 1. The fourth-order valence-electron chi connectivity index (χ4n) is 3.52. The Bertz CT molecular complexity index is 594. The molecule has 5 nitrogen and oxygen atoms in total. The van der Waals surface area contributed by atoms with E-state index in [1.807, 2.05) is 11.8 Å². The molecule has 2 unspecified atom stereocenters.